The Labute approximate surface area is 162 Å². The number of halogens is 2. The van der Waals surface area contributed by atoms with Gasteiger partial charge in [0, 0.05) is 16.8 Å². The molecule has 0 saturated heterocycles. The molecule has 2 heterocycles. The van der Waals surface area contributed by atoms with Crippen LogP contribution in [0.3, 0.4) is 0 Å². The van der Waals surface area contributed by atoms with Crippen molar-refractivity contribution in [3.63, 3.8) is 0 Å². The lowest BCUT2D eigenvalue weighted by molar-refractivity contribution is 0.585. The highest BCUT2D eigenvalue weighted by molar-refractivity contribution is 7.93. The second-order valence-electron chi connectivity index (χ2n) is 5.62. The van der Waals surface area contributed by atoms with Gasteiger partial charge >= 0.3 is 0 Å². The lowest BCUT2D eigenvalue weighted by atomic mass is 10.2. The number of benzene rings is 2. The molecule has 0 saturated carbocycles. The number of fused-ring (bicyclic) bond motifs is 1. The average molecular weight is 424 g/mol. The molecule has 1 N–H and O–H groups in total. The molecule has 0 amide bonds. The van der Waals surface area contributed by atoms with Gasteiger partial charge in [-0.3, -0.25) is 9.40 Å². The topological polar surface area (TPSA) is 89.8 Å². The third-order valence-electron chi connectivity index (χ3n) is 3.81. The first-order valence-electron chi connectivity index (χ1n) is 7.63. The van der Waals surface area contributed by atoms with Crippen molar-refractivity contribution in [1.82, 2.24) is 18.5 Å². The molecule has 2 aromatic heterocycles. The molecule has 0 aliphatic heterocycles. The second-order valence-corrected chi connectivity index (χ2v) is 8.21. The summed E-state index contributed by atoms with van der Waals surface area (Å²) in [5.74, 6) is -0.456. The zero-order valence-corrected chi connectivity index (χ0v) is 15.9. The Kier molecular flexibility index (Phi) is 4.54. The van der Waals surface area contributed by atoms with Gasteiger partial charge in [0.05, 0.1) is 30.2 Å². The van der Waals surface area contributed by atoms with Crippen LogP contribution in [0.15, 0.2) is 53.7 Å². The van der Waals surface area contributed by atoms with E-state index in [1.807, 2.05) is 0 Å². The fourth-order valence-corrected chi connectivity index (χ4v) is 4.57. The Morgan fingerprint density at radius 3 is 2.81 bits per heavy atom. The highest BCUT2D eigenvalue weighted by atomic mass is 35.5. The molecule has 0 radical (unpaired) electrons. The van der Waals surface area contributed by atoms with Crippen LogP contribution in [0.25, 0.3) is 11.0 Å². The van der Waals surface area contributed by atoms with Gasteiger partial charge in [-0.15, -0.1) is 0 Å². The maximum Gasteiger partial charge on any atom is 0.264 e. The van der Waals surface area contributed by atoms with Gasteiger partial charge in [0.25, 0.3) is 10.0 Å². The summed E-state index contributed by atoms with van der Waals surface area (Å²) in [5, 5.41) is 4.34. The van der Waals surface area contributed by atoms with Crippen LogP contribution in [0.5, 0.6) is 0 Å². The van der Waals surface area contributed by atoms with E-state index in [1.54, 1.807) is 18.2 Å². The highest BCUT2D eigenvalue weighted by Crippen LogP contribution is 2.24. The van der Waals surface area contributed by atoms with E-state index < -0.39 is 15.8 Å². The van der Waals surface area contributed by atoms with Crippen molar-refractivity contribution in [2.75, 3.05) is 4.72 Å². The molecule has 0 spiro atoms. The van der Waals surface area contributed by atoms with Crippen molar-refractivity contribution in [2.24, 2.45) is 0 Å². The molecule has 27 heavy (non-hydrogen) atoms. The highest BCUT2D eigenvalue weighted by Gasteiger charge is 2.20. The molecule has 4 rings (SSSR count). The molecular formula is C16H11ClFN5O2S2. The minimum absolute atomic E-state index is 0.0265. The number of sulfonamides is 1. The standard InChI is InChI=1S/C16H11ClFN5O2S2/c17-12-3-1-4-13(18)11(12)9-23-8-10(7-19-23)22-27(24,25)15-6-2-5-14-16(15)21-26-20-14/h1-8,22H,9H2. The van der Waals surface area contributed by atoms with Gasteiger partial charge in [-0.05, 0) is 24.3 Å². The van der Waals surface area contributed by atoms with E-state index in [2.05, 4.69) is 18.6 Å². The summed E-state index contributed by atoms with van der Waals surface area (Å²) < 4.78 is 51.2. The van der Waals surface area contributed by atoms with E-state index in [0.717, 1.165) is 11.7 Å². The van der Waals surface area contributed by atoms with Crippen LogP contribution in [0, 0.1) is 5.82 Å². The zero-order chi connectivity index (χ0) is 19.0. The van der Waals surface area contributed by atoms with Crippen LogP contribution in [-0.2, 0) is 16.6 Å². The van der Waals surface area contributed by atoms with Crippen molar-refractivity contribution < 1.29 is 12.8 Å². The molecule has 138 valence electrons. The first-order chi connectivity index (χ1) is 12.9. The summed E-state index contributed by atoms with van der Waals surface area (Å²) in [4.78, 5) is 0.0265. The Morgan fingerprint density at radius 1 is 1.19 bits per heavy atom. The van der Waals surface area contributed by atoms with Gasteiger partial charge in [0.1, 0.15) is 21.7 Å². The third kappa shape index (κ3) is 3.51. The SMILES string of the molecule is O=S(=O)(Nc1cnn(Cc2c(F)cccc2Cl)c1)c1cccc2nsnc12. The van der Waals surface area contributed by atoms with Crippen molar-refractivity contribution in [1.29, 1.82) is 0 Å². The predicted octanol–water partition coefficient (Wildman–Crippen LogP) is 3.53. The van der Waals surface area contributed by atoms with Crippen LogP contribution in [0.1, 0.15) is 5.56 Å². The van der Waals surface area contributed by atoms with Gasteiger partial charge < -0.3 is 0 Å². The van der Waals surface area contributed by atoms with E-state index in [4.69, 9.17) is 11.6 Å². The molecule has 7 nitrogen and oxygen atoms in total. The lowest BCUT2D eigenvalue weighted by Crippen LogP contribution is -2.13. The molecular weight excluding hydrogens is 413 g/mol. The lowest BCUT2D eigenvalue weighted by Gasteiger charge is -2.07. The fourth-order valence-electron chi connectivity index (χ4n) is 2.56. The predicted molar refractivity (Wildman–Crippen MR) is 101 cm³/mol. The second kappa shape index (κ2) is 6.87. The molecule has 0 fully saturated rings. The summed E-state index contributed by atoms with van der Waals surface area (Å²) in [6.45, 7) is 0.0683. The first kappa shape index (κ1) is 17.8. The summed E-state index contributed by atoms with van der Waals surface area (Å²) in [5.41, 5.74) is 1.32. The molecule has 0 aliphatic carbocycles. The van der Waals surface area contributed by atoms with Crippen LogP contribution in [0.2, 0.25) is 5.02 Å². The molecule has 0 aliphatic rings. The fraction of sp³-hybridized carbons (Fsp3) is 0.0625. The molecule has 0 bridgehead atoms. The molecule has 11 heteroatoms. The number of rotatable bonds is 5. The Morgan fingerprint density at radius 2 is 2.00 bits per heavy atom. The van der Waals surface area contributed by atoms with Gasteiger partial charge in [-0.25, -0.2) is 12.8 Å². The number of hydrogen-bond acceptors (Lipinski definition) is 6. The largest absolute Gasteiger partial charge is 0.276 e. The molecule has 2 aromatic carbocycles. The van der Waals surface area contributed by atoms with Gasteiger partial charge in [-0.2, -0.15) is 13.8 Å². The molecule has 4 aromatic rings. The molecule has 0 atom stereocenters. The van der Waals surface area contributed by atoms with Gasteiger partial charge in [-0.1, -0.05) is 23.7 Å². The average Bonchev–Trinajstić information content (AvgIpc) is 3.26. The third-order valence-corrected chi connectivity index (χ3v) is 6.12. The maximum atomic E-state index is 13.9. The van der Waals surface area contributed by atoms with Crippen molar-refractivity contribution in [2.45, 2.75) is 11.4 Å². The van der Waals surface area contributed by atoms with E-state index >= 15 is 0 Å². The number of hydrogen-bond donors (Lipinski definition) is 1. The summed E-state index contributed by atoms with van der Waals surface area (Å²) in [6, 6.07) is 9.13. The molecule has 0 unspecified atom stereocenters. The van der Waals surface area contributed by atoms with Gasteiger partial charge in [0.15, 0.2) is 0 Å². The summed E-state index contributed by atoms with van der Waals surface area (Å²) in [7, 11) is -3.88. The quantitative estimate of drug-likeness (QED) is 0.530. The monoisotopic (exact) mass is 423 g/mol. The minimum Gasteiger partial charge on any atom is -0.276 e. The van der Waals surface area contributed by atoms with Crippen LogP contribution >= 0.6 is 23.3 Å². The number of aromatic nitrogens is 4. The number of nitrogens with zero attached hydrogens (tertiary/aromatic N) is 4. The minimum atomic E-state index is -3.88. The van der Waals surface area contributed by atoms with Gasteiger partial charge in [0.2, 0.25) is 0 Å². The Bertz CT molecular complexity index is 1220. The normalized spacial score (nSPS) is 11.8. The van der Waals surface area contributed by atoms with E-state index in [0.29, 0.717) is 11.0 Å². The smallest absolute Gasteiger partial charge is 0.264 e. The van der Waals surface area contributed by atoms with Crippen LogP contribution in [-0.4, -0.2) is 26.9 Å². The van der Waals surface area contributed by atoms with E-state index in [1.165, 1.54) is 35.3 Å². The maximum absolute atomic E-state index is 13.9. The van der Waals surface area contributed by atoms with Crippen molar-refractivity contribution in [3.05, 3.63) is 65.2 Å². The number of nitrogens with one attached hydrogen (secondary N) is 1. The van der Waals surface area contributed by atoms with E-state index in [9.17, 15) is 12.8 Å². The van der Waals surface area contributed by atoms with Crippen LogP contribution in [0.4, 0.5) is 10.1 Å². The Balaban J connectivity index is 1.60. The Hall–Kier alpha value is -2.56. The first-order valence-corrected chi connectivity index (χ1v) is 10.2. The zero-order valence-electron chi connectivity index (χ0n) is 13.5. The van der Waals surface area contributed by atoms with E-state index in [-0.39, 0.29) is 27.7 Å². The van der Waals surface area contributed by atoms with Crippen molar-refractivity contribution >= 4 is 50.1 Å². The summed E-state index contributed by atoms with van der Waals surface area (Å²) >= 11 is 6.95. The summed E-state index contributed by atoms with van der Waals surface area (Å²) in [6.07, 6.45) is 2.80. The number of anilines is 1. The van der Waals surface area contributed by atoms with Crippen molar-refractivity contribution in [3.8, 4) is 0 Å². The van der Waals surface area contributed by atoms with Crippen LogP contribution < -0.4 is 4.72 Å².